The Bertz CT molecular complexity index is 2710. The van der Waals surface area contributed by atoms with Gasteiger partial charge in [0.25, 0.3) is 0 Å². The molecular formula is C47H33N5. The van der Waals surface area contributed by atoms with Gasteiger partial charge in [0, 0.05) is 33.2 Å². The minimum absolute atomic E-state index is 0.627. The number of para-hydroxylation sites is 2. The van der Waals surface area contributed by atoms with E-state index in [-0.39, 0.29) is 0 Å². The summed E-state index contributed by atoms with van der Waals surface area (Å²) in [5, 5.41) is 13.8. The van der Waals surface area contributed by atoms with E-state index in [1.807, 2.05) is 98.8 Å². The van der Waals surface area contributed by atoms with Crippen molar-refractivity contribution in [3.63, 3.8) is 0 Å². The highest BCUT2D eigenvalue weighted by atomic mass is 14.9. The molecule has 5 nitrogen and oxygen atoms in total. The van der Waals surface area contributed by atoms with Crippen molar-refractivity contribution in [1.82, 2.24) is 19.9 Å². The highest BCUT2D eigenvalue weighted by Gasteiger charge is 2.20. The zero-order valence-corrected chi connectivity index (χ0v) is 28.8. The number of rotatable bonds is 5. The molecule has 0 fully saturated rings. The Balaban J connectivity index is 0.00000190. The standard InChI is InChI=1S/C45H27N5.C2H6/c46-28-31-17-11-21-33-32(31)20-12-22-36(33)43-44(48-40-24-10-9-23-39(40)47-43)37-25-26-38(35-19-8-7-18-34(35)37)45-49-41(29-13-3-1-4-14-29)27-42(50-45)30-15-5-2-6-16-30;1-2/h1-27H;1-2H3. The topological polar surface area (TPSA) is 75.3 Å². The summed E-state index contributed by atoms with van der Waals surface area (Å²) in [5.41, 5.74) is 10.3. The molecule has 0 bridgehead atoms. The molecule has 5 heteroatoms. The van der Waals surface area contributed by atoms with Gasteiger partial charge >= 0.3 is 0 Å². The van der Waals surface area contributed by atoms with Crippen LogP contribution in [0.1, 0.15) is 19.4 Å². The summed E-state index contributed by atoms with van der Waals surface area (Å²) in [5.74, 6) is 0.649. The van der Waals surface area contributed by atoms with Gasteiger partial charge in [-0.05, 0) is 46.5 Å². The Labute approximate surface area is 302 Å². The Kier molecular flexibility index (Phi) is 8.71. The molecule has 0 atom stereocenters. The Morgan fingerprint density at radius 1 is 0.404 bits per heavy atom. The van der Waals surface area contributed by atoms with Gasteiger partial charge in [-0.1, -0.05) is 147 Å². The molecule has 0 aliphatic rings. The number of hydrogen-bond donors (Lipinski definition) is 0. The number of nitrogens with zero attached hydrogens (tertiary/aromatic N) is 5. The van der Waals surface area contributed by atoms with Gasteiger partial charge in [-0.25, -0.2) is 19.9 Å². The molecule has 0 spiro atoms. The molecule has 2 heterocycles. The molecule has 246 valence electrons. The van der Waals surface area contributed by atoms with Crippen LogP contribution < -0.4 is 0 Å². The fourth-order valence-corrected chi connectivity index (χ4v) is 6.77. The van der Waals surface area contributed by atoms with E-state index in [0.717, 1.165) is 83.2 Å². The van der Waals surface area contributed by atoms with Crippen LogP contribution in [0.25, 0.3) is 89.0 Å². The Hall–Kier alpha value is -7.03. The number of benzene rings is 7. The molecule has 0 radical (unpaired) electrons. The minimum atomic E-state index is 0.627. The maximum atomic E-state index is 9.88. The first-order valence-corrected chi connectivity index (χ1v) is 17.5. The van der Waals surface area contributed by atoms with Crippen molar-refractivity contribution in [3.8, 4) is 62.5 Å². The lowest BCUT2D eigenvalue weighted by Gasteiger charge is -2.16. The van der Waals surface area contributed by atoms with Crippen LogP contribution in [0.15, 0.2) is 164 Å². The number of nitriles is 1. The molecule has 0 N–H and O–H groups in total. The van der Waals surface area contributed by atoms with Crippen LogP contribution in [-0.2, 0) is 0 Å². The van der Waals surface area contributed by atoms with Crippen LogP contribution in [0.2, 0.25) is 0 Å². The molecule has 0 aliphatic heterocycles. The first kappa shape index (κ1) is 32.2. The van der Waals surface area contributed by atoms with Gasteiger partial charge in [0.15, 0.2) is 5.82 Å². The molecule has 2 aromatic heterocycles. The second-order valence-electron chi connectivity index (χ2n) is 12.1. The molecule has 0 unspecified atom stereocenters. The molecule has 0 saturated carbocycles. The van der Waals surface area contributed by atoms with Gasteiger partial charge < -0.3 is 0 Å². The van der Waals surface area contributed by atoms with E-state index in [9.17, 15) is 5.26 Å². The van der Waals surface area contributed by atoms with Gasteiger partial charge in [-0.15, -0.1) is 0 Å². The maximum Gasteiger partial charge on any atom is 0.161 e. The van der Waals surface area contributed by atoms with Crippen molar-refractivity contribution in [2.75, 3.05) is 0 Å². The van der Waals surface area contributed by atoms with E-state index in [1.54, 1.807) is 0 Å². The highest BCUT2D eigenvalue weighted by Crippen LogP contribution is 2.41. The van der Waals surface area contributed by atoms with Crippen LogP contribution in [-0.4, -0.2) is 19.9 Å². The van der Waals surface area contributed by atoms with Crippen LogP contribution in [0.5, 0.6) is 0 Å². The quantitative estimate of drug-likeness (QED) is 0.183. The molecular weight excluding hydrogens is 635 g/mol. The zero-order chi connectivity index (χ0) is 35.4. The summed E-state index contributed by atoms with van der Waals surface area (Å²) in [6.45, 7) is 4.00. The summed E-state index contributed by atoms with van der Waals surface area (Å²) < 4.78 is 0. The van der Waals surface area contributed by atoms with E-state index in [4.69, 9.17) is 19.9 Å². The van der Waals surface area contributed by atoms with Crippen LogP contribution in [0.4, 0.5) is 0 Å². The van der Waals surface area contributed by atoms with Gasteiger partial charge in [-0.2, -0.15) is 5.26 Å². The maximum absolute atomic E-state index is 9.88. The summed E-state index contributed by atoms with van der Waals surface area (Å²) in [6.07, 6.45) is 0. The second-order valence-corrected chi connectivity index (χ2v) is 12.1. The largest absolute Gasteiger partial charge is 0.244 e. The lowest BCUT2D eigenvalue weighted by molar-refractivity contribution is 1.19. The Morgan fingerprint density at radius 3 is 1.44 bits per heavy atom. The number of fused-ring (bicyclic) bond motifs is 3. The van der Waals surface area contributed by atoms with E-state index < -0.39 is 0 Å². The molecule has 9 aromatic rings. The average Bonchev–Trinajstić information content (AvgIpc) is 3.23. The third kappa shape index (κ3) is 5.83. The van der Waals surface area contributed by atoms with Crippen LogP contribution in [0, 0.1) is 11.3 Å². The molecule has 7 aromatic carbocycles. The predicted molar refractivity (Wildman–Crippen MR) is 213 cm³/mol. The summed E-state index contributed by atoms with van der Waals surface area (Å²) >= 11 is 0. The second kappa shape index (κ2) is 14.1. The number of aromatic nitrogens is 4. The average molecular weight is 668 g/mol. The third-order valence-corrected chi connectivity index (χ3v) is 9.15. The SMILES string of the molecule is CC.N#Cc1cccc2c(-c3nc4ccccc4nc3-c3ccc(-c4nc(-c5ccccc5)cc(-c5ccccc5)n4)c4ccccc34)cccc12. The molecule has 52 heavy (non-hydrogen) atoms. The van der Waals surface area contributed by atoms with Gasteiger partial charge in [0.1, 0.15) is 0 Å². The van der Waals surface area contributed by atoms with Gasteiger partial charge in [0.2, 0.25) is 0 Å². The van der Waals surface area contributed by atoms with Gasteiger partial charge in [-0.3, -0.25) is 0 Å². The van der Waals surface area contributed by atoms with Crippen molar-refractivity contribution >= 4 is 32.6 Å². The molecule has 9 rings (SSSR count). The lowest BCUT2D eigenvalue weighted by atomic mass is 9.92. The fourth-order valence-electron chi connectivity index (χ4n) is 6.77. The van der Waals surface area contributed by atoms with E-state index >= 15 is 0 Å². The molecule has 0 aliphatic carbocycles. The van der Waals surface area contributed by atoms with E-state index in [0.29, 0.717) is 11.4 Å². The zero-order valence-electron chi connectivity index (χ0n) is 28.8. The molecule has 0 amide bonds. The van der Waals surface area contributed by atoms with Crippen LogP contribution >= 0.6 is 0 Å². The summed E-state index contributed by atoms with van der Waals surface area (Å²) in [4.78, 5) is 20.8. The highest BCUT2D eigenvalue weighted by molar-refractivity contribution is 6.08. The first-order chi connectivity index (χ1) is 25.7. The Morgan fingerprint density at radius 2 is 0.846 bits per heavy atom. The summed E-state index contributed by atoms with van der Waals surface area (Å²) in [6, 6.07) is 57.3. The third-order valence-electron chi connectivity index (χ3n) is 9.15. The fraction of sp³-hybridized carbons (Fsp3) is 0.0426. The minimum Gasteiger partial charge on any atom is -0.244 e. The van der Waals surface area contributed by atoms with E-state index in [2.05, 4.69) is 84.9 Å². The normalized spacial score (nSPS) is 10.9. The van der Waals surface area contributed by atoms with Gasteiger partial charge in [0.05, 0.1) is 45.4 Å². The molecule has 0 saturated heterocycles. The van der Waals surface area contributed by atoms with E-state index in [1.165, 1.54) is 0 Å². The van der Waals surface area contributed by atoms with Crippen molar-refractivity contribution in [1.29, 1.82) is 5.26 Å². The first-order valence-electron chi connectivity index (χ1n) is 17.5. The predicted octanol–water partition coefficient (Wildman–Crippen LogP) is 12.0. The summed E-state index contributed by atoms with van der Waals surface area (Å²) in [7, 11) is 0. The monoisotopic (exact) mass is 667 g/mol. The van der Waals surface area contributed by atoms with Crippen molar-refractivity contribution in [2.24, 2.45) is 0 Å². The number of hydrogen-bond acceptors (Lipinski definition) is 5. The van der Waals surface area contributed by atoms with Crippen LogP contribution in [0.3, 0.4) is 0 Å². The van der Waals surface area contributed by atoms with Crippen molar-refractivity contribution < 1.29 is 0 Å². The van der Waals surface area contributed by atoms with Crippen molar-refractivity contribution in [3.05, 3.63) is 169 Å². The lowest BCUT2D eigenvalue weighted by Crippen LogP contribution is -1.99. The van der Waals surface area contributed by atoms with Crippen molar-refractivity contribution in [2.45, 2.75) is 13.8 Å². The smallest absolute Gasteiger partial charge is 0.161 e.